The van der Waals surface area contributed by atoms with Gasteiger partial charge in [-0.1, -0.05) is 34.5 Å². The Bertz CT molecular complexity index is 476. The van der Waals surface area contributed by atoms with Gasteiger partial charge in [-0.25, -0.2) is 0 Å². The summed E-state index contributed by atoms with van der Waals surface area (Å²) >= 11 is 3.42. The first-order chi connectivity index (χ1) is 10.3. The van der Waals surface area contributed by atoms with Gasteiger partial charge < -0.3 is 10.1 Å². The van der Waals surface area contributed by atoms with Crippen molar-refractivity contribution in [2.24, 2.45) is 0 Å². The Kier molecular flexibility index (Phi) is 6.55. The zero-order valence-electron chi connectivity index (χ0n) is 12.7. The number of amides is 1. The number of carbonyl (C=O) groups is 1. The van der Waals surface area contributed by atoms with E-state index >= 15 is 0 Å². The minimum atomic E-state index is 0.146. The summed E-state index contributed by atoms with van der Waals surface area (Å²) in [6.07, 6.45) is 6.99. The molecule has 4 heteroatoms. The van der Waals surface area contributed by atoms with Crippen molar-refractivity contribution in [1.29, 1.82) is 0 Å². The first kappa shape index (κ1) is 16.3. The van der Waals surface area contributed by atoms with Gasteiger partial charge in [0.05, 0.1) is 13.2 Å². The molecule has 1 aromatic rings. The molecule has 1 aliphatic carbocycles. The normalized spacial score (nSPS) is 17.1. The Hall–Kier alpha value is -1.03. The van der Waals surface area contributed by atoms with Crippen LogP contribution in [0, 0.1) is 0 Å². The molecule has 0 fully saturated rings. The number of hydrogen-bond acceptors (Lipinski definition) is 2. The number of benzene rings is 1. The Morgan fingerprint density at radius 1 is 1.38 bits per heavy atom. The summed E-state index contributed by atoms with van der Waals surface area (Å²) in [5.74, 6) is 1.12. The van der Waals surface area contributed by atoms with Gasteiger partial charge in [0, 0.05) is 11.8 Å². The third-order valence-corrected chi connectivity index (χ3v) is 4.62. The molecule has 1 unspecified atom stereocenters. The van der Waals surface area contributed by atoms with Crippen LogP contribution in [0.1, 0.15) is 55.7 Å². The van der Waals surface area contributed by atoms with Crippen LogP contribution in [0.4, 0.5) is 0 Å². The van der Waals surface area contributed by atoms with E-state index in [2.05, 4.69) is 27.3 Å². The lowest BCUT2D eigenvalue weighted by molar-refractivity contribution is -0.122. The first-order valence-electron chi connectivity index (χ1n) is 7.77. The molecule has 0 spiro atoms. The minimum absolute atomic E-state index is 0.146. The fourth-order valence-electron chi connectivity index (χ4n) is 2.98. The number of nitrogens with one attached hydrogen (secondary N) is 1. The number of ether oxygens (including phenoxy) is 1. The molecule has 21 heavy (non-hydrogen) atoms. The second-order valence-electron chi connectivity index (χ2n) is 5.54. The van der Waals surface area contributed by atoms with Crippen molar-refractivity contribution in [3.05, 3.63) is 29.3 Å². The van der Waals surface area contributed by atoms with Gasteiger partial charge in [0.15, 0.2) is 0 Å². The molecule has 1 amide bonds. The molecule has 0 aliphatic heterocycles. The van der Waals surface area contributed by atoms with Gasteiger partial charge in [-0.15, -0.1) is 0 Å². The fraction of sp³-hybridized carbons (Fsp3) is 0.588. The summed E-state index contributed by atoms with van der Waals surface area (Å²) in [5, 5.41) is 4.22. The predicted octanol–water partition coefficient (Wildman–Crippen LogP) is 4.14. The maximum atomic E-state index is 12.1. The Balaban J connectivity index is 1.95. The van der Waals surface area contributed by atoms with Crippen molar-refractivity contribution in [2.45, 2.75) is 51.0 Å². The molecule has 0 radical (unpaired) electrons. The van der Waals surface area contributed by atoms with Crippen LogP contribution in [0.15, 0.2) is 18.2 Å². The highest BCUT2D eigenvalue weighted by Gasteiger charge is 2.23. The third-order valence-electron chi connectivity index (χ3n) is 4.06. The summed E-state index contributed by atoms with van der Waals surface area (Å²) in [6, 6.07) is 6.28. The van der Waals surface area contributed by atoms with Gasteiger partial charge in [-0.3, -0.25) is 4.79 Å². The molecule has 0 heterocycles. The van der Waals surface area contributed by atoms with Crippen molar-refractivity contribution in [3.63, 3.8) is 0 Å². The summed E-state index contributed by atoms with van der Waals surface area (Å²) in [5.41, 5.74) is 2.49. The molecule has 0 bridgehead atoms. The van der Waals surface area contributed by atoms with E-state index < -0.39 is 0 Å². The second-order valence-corrected chi connectivity index (χ2v) is 6.33. The fourth-order valence-corrected chi connectivity index (χ4v) is 3.38. The lowest BCUT2D eigenvalue weighted by Crippen LogP contribution is -2.30. The number of hydrogen-bond donors (Lipinski definition) is 1. The number of carbonyl (C=O) groups excluding carboxylic acids is 1. The number of methoxy groups -OCH3 is 1. The molecule has 0 saturated heterocycles. The monoisotopic (exact) mass is 353 g/mol. The van der Waals surface area contributed by atoms with Gasteiger partial charge in [-0.05, 0) is 49.3 Å². The number of alkyl halides is 1. The number of unbranched alkanes of at least 4 members (excludes halogenated alkanes) is 2. The van der Waals surface area contributed by atoms with E-state index in [0.717, 1.165) is 49.6 Å². The molecule has 1 atom stereocenters. The number of halogens is 1. The third kappa shape index (κ3) is 4.47. The average Bonchev–Trinajstić information content (AvgIpc) is 2.51. The standard InChI is InChI=1S/C17H24BrNO2/c1-21-16-10-6-7-13-14(16)8-5-9-15(13)19-17(20)11-3-2-4-12-18/h6-7,10,15H,2-5,8-9,11-12H2,1H3,(H,19,20). The first-order valence-corrected chi connectivity index (χ1v) is 8.89. The van der Waals surface area contributed by atoms with Crippen LogP contribution >= 0.6 is 15.9 Å². The SMILES string of the molecule is COc1cccc2c1CCCC2NC(=O)CCCCCBr. The number of fused-ring (bicyclic) bond motifs is 1. The van der Waals surface area contributed by atoms with Gasteiger partial charge in [0.25, 0.3) is 0 Å². The number of rotatable bonds is 7. The van der Waals surface area contributed by atoms with Crippen molar-refractivity contribution in [1.82, 2.24) is 5.32 Å². The zero-order valence-corrected chi connectivity index (χ0v) is 14.2. The highest BCUT2D eigenvalue weighted by atomic mass is 79.9. The van der Waals surface area contributed by atoms with E-state index in [9.17, 15) is 4.79 Å². The molecule has 2 rings (SSSR count). The van der Waals surface area contributed by atoms with Crippen LogP contribution in [0.3, 0.4) is 0 Å². The topological polar surface area (TPSA) is 38.3 Å². The van der Waals surface area contributed by atoms with Crippen LogP contribution in [-0.2, 0) is 11.2 Å². The molecule has 1 N–H and O–H groups in total. The summed E-state index contributed by atoms with van der Waals surface area (Å²) in [4.78, 5) is 12.1. The molecule has 0 saturated carbocycles. The lowest BCUT2D eigenvalue weighted by Gasteiger charge is -2.27. The smallest absolute Gasteiger partial charge is 0.220 e. The van der Waals surface area contributed by atoms with Gasteiger partial charge >= 0.3 is 0 Å². The van der Waals surface area contributed by atoms with E-state index in [1.165, 1.54) is 11.1 Å². The second kappa shape index (κ2) is 8.42. The Morgan fingerprint density at radius 2 is 2.24 bits per heavy atom. The largest absolute Gasteiger partial charge is 0.496 e. The average molecular weight is 354 g/mol. The van der Waals surface area contributed by atoms with Gasteiger partial charge in [0.1, 0.15) is 5.75 Å². The van der Waals surface area contributed by atoms with Gasteiger partial charge in [-0.2, -0.15) is 0 Å². The van der Waals surface area contributed by atoms with Crippen LogP contribution in [0.2, 0.25) is 0 Å². The van der Waals surface area contributed by atoms with Crippen LogP contribution in [0.5, 0.6) is 5.75 Å². The van der Waals surface area contributed by atoms with Crippen LogP contribution < -0.4 is 10.1 Å². The predicted molar refractivity (Wildman–Crippen MR) is 89.1 cm³/mol. The molecule has 3 nitrogen and oxygen atoms in total. The molecule has 0 aromatic heterocycles. The quantitative estimate of drug-likeness (QED) is 0.590. The van der Waals surface area contributed by atoms with E-state index in [1.807, 2.05) is 12.1 Å². The van der Waals surface area contributed by atoms with Crippen LogP contribution in [0.25, 0.3) is 0 Å². The lowest BCUT2D eigenvalue weighted by atomic mass is 9.87. The summed E-state index contributed by atoms with van der Waals surface area (Å²) < 4.78 is 5.44. The van der Waals surface area contributed by atoms with E-state index in [4.69, 9.17) is 4.74 Å². The molecular formula is C17H24BrNO2. The van der Waals surface area contributed by atoms with Crippen molar-refractivity contribution >= 4 is 21.8 Å². The van der Waals surface area contributed by atoms with Gasteiger partial charge in [0.2, 0.25) is 5.91 Å². The maximum Gasteiger partial charge on any atom is 0.220 e. The maximum absolute atomic E-state index is 12.1. The van der Waals surface area contributed by atoms with E-state index in [1.54, 1.807) is 7.11 Å². The van der Waals surface area contributed by atoms with Crippen molar-refractivity contribution in [3.8, 4) is 5.75 Å². The highest BCUT2D eigenvalue weighted by Crippen LogP contribution is 2.35. The summed E-state index contributed by atoms with van der Waals surface area (Å²) in [6.45, 7) is 0. The Morgan fingerprint density at radius 3 is 3.00 bits per heavy atom. The molecular weight excluding hydrogens is 330 g/mol. The van der Waals surface area contributed by atoms with E-state index in [-0.39, 0.29) is 11.9 Å². The van der Waals surface area contributed by atoms with Crippen molar-refractivity contribution in [2.75, 3.05) is 12.4 Å². The molecule has 1 aromatic carbocycles. The minimum Gasteiger partial charge on any atom is -0.496 e. The van der Waals surface area contributed by atoms with Crippen LogP contribution in [-0.4, -0.2) is 18.3 Å². The van der Waals surface area contributed by atoms with Crippen molar-refractivity contribution < 1.29 is 9.53 Å². The zero-order chi connectivity index (χ0) is 15.1. The Labute approximate surface area is 135 Å². The summed E-state index contributed by atoms with van der Waals surface area (Å²) in [7, 11) is 1.71. The molecule has 1 aliphatic rings. The van der Waals surface area contributed by atoms with E-state index in [0.29, 0.717) is 6.42 Å². The highest BCUT2D eigenvalue weighted by molar-refractivity contribution is 9.09. The molecule has 116 valence electrons.